The van der Waals surface area contributed by atoms with Gasteiger partial charge in [0.2, 0.25) is 10.0 Å². The molecule has 9 heteroatoms. The van der Waals surface area contributed by atoms with Crippen molar-refractivity contribution in [3.8, 4) is 0 Å². The second-order valence-electron chi connectivity index (χ2n) is 5.39. The third-order valence-corrected chi connectivity index (χ3v) is 5.23. The summed E-state index contributed by atoms with van der Waals surface area (Å²) in [5.41, 5.74) is -0.750. The van der Waals surface area contributed by atoms with E-state index in [-0.39, 0.29) is 18.1 Å². The first kappa shape index (κ1) is 15.8. The van der Waals surface area contributed by atoms with Crippen molar-refractivity contribution >= 4 is 19.9 Å². The lowest BCUT2D eigenvalue weighted by Gasteiger charge is -2.27. The molecule has 7 nitrogen and oxygen atoms in total. The zero-order valence-electron chi connectivity index (χ0n) is 10.7. The van der Waals surface area contributed by atoms with Crippen LogP contribution in [0.2, 0.25) is 0 Å². The highest BCUT2D eigenvalue weighted by atomic mass is 32.2. The highest BCUT2D eigenvalue weighted by molar-refractivity contribution is 7.91. The van der Waals surface area contributed by atoms with Gasteiger partial charge in [0.05, 0.1) is 23.9 Å². The summed E-state index contributed by atoms with van der Waals surface area (Å²) in [5, 5.41) is 12.5. The van der Waals surface area contributed by atoms with E-state index in [1.54, 1.807) is 13.8 Å². The first-order chi connectivity index (χ1) is 7.90. The minimum atomic E-state index is -3.33. The van der Waals surface area contributed by atoms with Crippen molar-refractivity contribution in [2.75, 3.05) is 24.3 Å². The van der Waals surface area contributed by atoms with Crippen LogP contribution in [0.5, 0.6) is 0 Å². The van der Waals surface area contributed by atoms with Crippen LogP contribution in [0.1, 0.15) is 13.8 Å². The molecular formula is C9H20N2O5S2. The van der Waals surface area contributed by atoms with Crippen LogP contribution in [0, 0.1) is 0 Å². The van der Waals surface area contributed by atoms with E-state index in [2.05, 4.69) is 10.0 Å². The lowest BCUT2D eigenvalue weighted by molar-refractivity contribution is 0.162. The van der Waals surface area contributed by atoms with Gasteiger partial charge in [-0.15, -0.1) is 0 Å². The molecule has 0 aromatic rings. The number of aliphatic hydroxyl groups excluding tert-OH is 1. The molecule has 0 saturated carbocycles. The lowest BCUT2D eigenvalue weighted by Crippen LogP contribution is -2.53. The maximum absolute atomic E-state index is 11.3. The second-order valence-corrected chi connectivity index (χ2v) is 9.29. The zero-order valence-corrected chi connectivity index (χ0v) is 12.3. The largest absolute Gasteiger partial charge is 0.390 e. The van der Waals surface area contributed by atoms with Crippen LogP contribution in [0.4, 0.5) is 0 Å². The molecule has 2 atom stereocenters. The van der Waals surface area contributed by atoms with Crippen molar-refractivity contribution in [3.05, 3.63) is 0 Å². The van der Waals surface area contributed by atoms with Gasteiger partial charge in [0.15, 0.2) is 9.84 Å². The van der Waals surface area contributed by atoms with Crippen LogP contribution < -0.4 is 10.0 Å². The summed E-state index contributed by atoms with van der Waals surface area (Å²) in [6, 6.07) is -0.546. The molecule has 0 bridgehead atoms. The maximum Gasteiger partial charge on any atom is 0.209 e. The molecule has 0 radical (unpaired) electrons. The summed E-state index contributed by atoms with van der Waals surface area (Å²) in [6.45, 7) is 3.59. The molecule has 3 N–H and O–H groups in total. The Balaban J connectivity index is 2.56. The molecule has 1 rings (SSSR count). The standard InChI is InChI=1S/C9H20N2O5S2/c1-9(2,11-17(3,13)14)6-10-7-4-18(15,16)5-8(7)12/h7-8,10-12H,4-6H2,1-3H3. The van der Waals surface area contributed by atoms with Gasteiger partial charge in [-0.2, -0.15) is 0 Å². The number of aliphatic hydroxyl groups is 1. The number of sulfonamides is 1. The van der Waals surface area contributed by atoms with Crippen molar-refractivity contribution < 1.29 is 21.9 Å². The number of nitrogens with one attached hydrogen (secondary N) is 2. The van der Waals surface area contributed by atoms with Crippen LogP contribution in [-0.4, -0.2) is 63.9 Å². The zero-order chi connectivity index (χ0) is 14.2. The Labute approximate surface area is 108 Å². The molecule has 1 aliphatic rings. The van der Waals surface area contributed by atoms with E-state index in [0.717, 1.165) is 6.26 Å². The van der Waals surface area contributed by atoms with Crippen molar-refractivity contribution in [2.24, 2.45) is 0 Å². The highest BCUT2D eigenvalue weighted by Crippen LogP contribution is 2.13. The topological polar surface area (TPSA) is 113 Å². The number of sulfone groups is 1. The predicted octanol–water partition coefficient (Wildman–Crippen LogP) is -1.94. The van der Waals surface area contributed by atoms with E-state index in [4.69, 9.17) is 0 Å². The van der Waals surface area contributed by atoms with E-state index in [0.29, 0.717) is 0 Å². The molecule has 1 aliphatic heterocycles. The fourth-order valence-corrected chi connectivity index (χ4v) is 4.80. The van der Waals surface area contributed by atoms with Crippen LogP contribution in [-0.2, 0) is 19.9 Å². The van der Waals surface area contributed by atoms with E-state index in [9.17, 15) is 21.9 Å². The summed E-state index contributed by atoms with van der Waals surface area (Å²) in [4.78, 5) is 0. The summed E-state index contributed by atoms with van der Waals surface area (Å²) < 4.78 is 47.3. The molecule has 1 heterocycles. The van der Waals surface area contributed by atoms with Crippen LogP contribution in [0.15, 0.2) is 0 Å². The van der Waals surface area contributed by atoms with Crippen LogP contribution in [0.3, 0.4) is 0 Å². The maximum atomic E-state index is 11.3. The van der Waals surface area contributed by atoms with Gasteiger partial charge in [-0.3, -0.25) is 0 Å². The lowest BCUT2D eigenvalue weighted by atomic mass is 10.1. The van der Waals surface area contributed by atoms with Gasteiger partial charge in [0.1, 0.15) is 0 Å². The highest BCUT2D eigenvalue weighted by Gasteiger charge is 2.37. The van der Waals surface area contributed by atoms with Crippen molar-refractivity contribution in [2.45, 2.75) is 31.5 Å². The van der Waals surface area contributed by atoms with Crippen molar-refractivity contribution in [1.29, 1.82) is 0 Å². The van der Waals surface area contributed by atoms with E-state index in [1.165, 1.54) is 0 Å². The number of hydrogen-bond acceptors (Lipinski definition) is 6. The fraction of sp³-hybridized carbons (Fsp3) is 1.00. The van der Waals surface area contributed by atoms with Crippen molar-refractivity contribution in [3.63, 3.8) is 0 Å². The van der Waals surface area contributed by atoms with Gasteiger partial charge in [-0.05, 0) is 13.8 Å². The summed E-state index contributed by atoms with van der Waals surface area (Å²) in [7, 11) is -6.53. The first-order valence-electron chi connectivity index (χ1n) is 5.51. The van der Waals surface area contributed by atoms with Gasteiger partial charge in [-0.1, -0.05) is 0 Å². The van der Waals surface area contributed by atoms with E-state index in [1.807, 2.05) is 0 Å². The monoisotopic (exact) mass is 300 g/mol. The normalized spacial score (nSPS) is 28.4. The molecule has 0 aliphatic carbocycles. The molecular weight excluding hydrogens is 280 g/mol. The molecule has 108 valence electrons. The fourth-order valence-electron chi connectivity index (χ4n) is 1.95. The number of hydrogen-bond donors (Lipinski definition) is 3. The molecule has 1 saturated heterocycles. The summed E-state index contributed by atoms with van der Waals surface area (Å²) >= 11 is 0. The Morgan fingerprint density at radius 3 is 2.28 bits per heavy atom. The Hall–Kier alpha value is -0.220. The van der Waals surface area contributed by atoms with Crippen LogP contribution >= 0.6 is 0 Å². The Morgan fingerprint density at radius 1 is 1.33 bits per heavy atom. The van der Waals surface area contributed by atoms with Gasteiger partial charge in [0, 0.05) is 18.1 Å². The van der Waals surface area contributed by atoms with Crippen LogP contribution in [0.25, 0.3) is 0 Å². The first-order valence-corrected chi connectivity index (χ1v) is 9.22. The summed E-state index contributed by atoms with van der Waals surface area (Å²) in [5.74, 6) is -0.367. The minimum Gasteiger partial charge on any atom is -0.390 e. The van der Waals surface area contributed by atoms with Gasteiger partial charge >= 0.3 is 0 Å². The predicted molar refractivity (Wildman–Crippen MR) is 68.5 cm³/mol. The van der Waals surface area contributed by atoms with Gasteiger partial charge in [-0.25, -0.2) is 21.6 Å². The van der Waals surface area contributed by atoms with Gasteiger partial charge in [0.25, 0.3) is 0 Å². The third kappa shape index (κ3) is 5.19. The molecule has 0 aromatic carbocycles. The molecule has 1 fully saturated rings. The molecule has 0 spiro atoms. The average Bonchev–Trinajstić information content (AvgIpc) is 2.32. The molecule has 18 heavy (non-hydrogen) atoms. The third-order valence-electron chi connectivity index (χ3n) is 2.59. The quantitative estimate of drug-likeness (QED) is 0.544. The molecule has 0 amide bonds. The van der Waals surface area contributed by atoms with Crippen molar-refractivity contribution in [1.82, 2.24) is 10.0 Å². The SMILES string of the molecule is CC(C)(CNC1CS(=O)(=O)CC1O)NS(C)(=O)=O. The minimum absolute atomic E-state index is 0.122. The summed E-state index contributed by atoms with van der Waals surface area (Å²) in [6.07, 6.45) is 0.118. The smallest absolute Gasteiger partial charge is 0.209 e. The van der Waals surface area contributed by atoms with E-state index < -0.39 is 37.5 Å². The average molecular weight is 300 g/mol. The Kier molecular flexibility index (Phi) is 4.44. The molecule has 2 unspecified atom stereocenters. The Bertz CT molecular complexity index is 497. The number of rotatable bonds is 5. The van der Waals surface area contributed by atoms with Gasteiger partial charge < -0.3 is 10.4 Å². The Morgan fingerprint density at radius 2 is 1.89 bits per heavy atom. The second kappa shape index (κ2) is 5.04. The molecule has 0 aromatic heterocycles. The van der Waals surface area contributed by atoms with E-state index >= 15 is 0 Å².